The largest absolute Gasteiger partial charge is 0.305 e. The van der Waals surface area contributed by atoms with Crippen molar-refractivity contribution in [1.82, 2.24) is 0 Å². The molecule has 1 fully saturated rings. The lowest BCUT2D eigenvalue weighted by molar-refractivity contribution is 0.729. The van der Waals surface area contributed by atoms with Gasteiger partial charge in [-0.3, -0.25) is 4.99 Å². The molecule has 0 bridgehead atoms. The predicted molar refractivity (Wildman–Crippen MR) is 56.8 cm³/mol. The highest BCUT2D eigenvalue weighted by molar-refractivity contribution is 14.1. The van der Waals surface area contributed by atoms with E-state index in [1.54, 1.807) is 4.22 Å². The standard InChI is InChI=1S/C8H11IN2/c9-6-11-5-7-3-1-2-4-8(7)10/h5-6,10H,1-4H2/b7-5-,10-8?,11-6-. The fraction of sp³-hybridized carbons (Fsp3) is 0.500. The number of nitrogens with zero attached hydrogens (tertiary/aromatic N) is 1. The summed E-state index contributed by atoms with van der Waals surface area (Å²) in [5.41, 5.74) is 1.89. The van der Waals surface area contributed by atoms with Gasteiger partial charge in [0, 0.05) is 11.9 Å². The lowest BCUT2D eigenvalue weighted by Crippen LogP contribution is -2.06. The Morgan fingerprint density at radius 1 is 1.36 bits per heavy atom. The molecule has 0 aromatic carbocycles. The van der Waals surface area contributed by atoms with Gasteiger partial charge < -0.3 is 5.41 Å². The molecule has 1 saturated carbocycles. The van der Waals surface area contributed by atoms with E-state index >= 15 is 0 Å². The molecule has 0 aliphatic heterocycles. The van der Waals surface area contributed by atoms with Gasteiger partial charge in [-0.25, -0.2) is 0 Å². The van der Waals surface area contributed by atoms with Gasteiger partial charge in [-0.05, 0) is 53.8 Å². The van der Waals surface area contributed by atoms with E-state index in [1.807, 2.05) is 6.20 Å². The Hall–Kier alpha value is -0.190. The average molecular weight is 262 g/mol. The molecule has 0 aromatic heterocycles. The topological polar surface area (TPSA) is 36.2 Å². The molecule has 11 heavy (non-hydrogen) atoms. The SMILES string of the molecule is N=C1CCCC/C1=C/N=C\I. The highest BCUT2D eigenvalue weighted by Crippen LogP contribution is 2.19. The zero-order valence-corrected chi connectivity index (χ0v) is 8.47. The Balaban J connectivity index is 2.61. The lowest BCUT2D eigenvalue weighted by atomic mass is 9.94. The summed E-state index contributed by atoms with van der Waals surface area (Å²) in [5.74, 6) is 0. The van der Waals surface area contributed by atoms with Gasteiger partial charge in [-0.1, -0.05) is 0 Å². The molecule has 0 radical (unpaired) electrons. The van der Waals surface area contributed by atoms with Gasteiger partial charge in [0.05, 0.1) is 4.22 Å². The van der Waals surface area contributed by atoms with Gasteiger partial charge in [0.2, 0.25) is 0 Å². The van der Waals surface area contributed by atoms with Crippen LogP contribution in [0.1, 0.15) is 25.7 Å². The number of halogens is 1. The maximum Gasteiger partial charge on any atom is 0.0651 e. The van der Waals surface area contributed by atoms with Gasteiger partial charge >= 0.3 is 0 Å². The van der Waals surface area contributed by atoms with Crippen LogP contribution in [0.2, 0.25) is 0 Å². The van der Waals surface area contributed by atoms with Crippen LogP contribution in [0.15, 0.2) is 16.8 Å². The number of allylic oxidation sites excluding steroid dienone is 1. The van der Waals surface area contributed by atoms with E-state index in [0.717, 1.165) is 24.1 Å². The summed E-state index contributed by atoms with van der Waals surface area (Å²) in [6, 6.07) is 0. The molecule has 0 amide bonds. The van der Waals surface area contributed by atoms with E-state index in [1.165, 1.54) is 12.8 Å². The molecule has 0 heterocycles. The Morgan fingerprint density at radius 3 is 2.73 bits per heavy atom. The molecule has 0 unspecified atom stereocenters. The Morgan fingerprint density at radius 2 is 2.09 bits per heavy atom. The fourth-order valence-electron chi connectivity index (χ4n) is 1.19. The van der Waals surface area contributed by atoms with Crippen molar-refractivity contribution >= 4 is 32.5 Å². The Bertz CT molecular complexity index is 206. The van der Waals surface area contributed by atoms with Crippen LogP contribution in [0.4, 0.5) is 0 Å². The van der Waals surface area contributed by atoms with E-state index < -0.39 is 0 Å². The van der Waals surface area contributed by atoms with Gasteiger partial charge in [-0.15, -0.1) is 0 Å². The molecular formula is C8H11IN2. The predicted octanol–water partition coefficient (Wildman–Crippen LogP) is 2.93. The zero-order chi connectivity index (χ0) is 8.10. The maximum atomic E-state index is 7.58. The number of aliphatic imine (C=N–C) groups is 1. The van der Waals surface area contributed by atoms with Gasteiger partial charge in [0.25, 0.3) is 0 Å². The van der Waals surface area contributed by atoms with Crippen molar-refractivity contribution < 1.29 is 0 Å². The van der Waals surface area contributed by atoms with Crippen LogP contribution < -0.4 is 0 Å². The van der Waals surface area contributed by atoms with Crippen LogP contribution in [0.3, 0.4) is 0 Å². The molecule has 2 nitrogen and oxygen atoms in total. The second-order valence-corrected chi connectivity index (χ2v) is 3.14. The minimum Gasteiger partial charge on any atom is -0.305 e. The first-order valence-electron chi connectivity index (χ1n) is 3.73. The number of nitrogens with one attached hydrogen (secondary N) is 1. The average Bonchev–Trinajstić information content (AvgIpc) is 2.03. The third-order valence-electron chi connectivity index (χ3n) is 1.80. The second-order valence-electron chi connectivity index (χ2n) is 2.59. The first-order valence-corrected chi connectivity index (χ1v) is 4.98. The van der Waals surface area contributed by atoms with Crippen molar-refractivity contribution in [2.75, 3.05) is 0 Å². The molecule has 0 atom stereocenters. The molecule has 1 aliphatic carbocycles. The summed E-state index contributed by atoms with van der Waals surface area (Å²) in [6.07, 6.45) is 6.17. The van der Waals surface area contributed by atoms with Crippen molar-refractivity contribution in [3.8, 4) is 0 Å². The highest BCUT2D eigenvalue weighted by Gasteiger charge is 2.10. The highest BCUT2D eigenvalue weighted by atomic mass is 127. The molecule has 1 rings (SSSR count). The summed E-state index contributed by atoms with van der Waals surface area (Å²) in [7, 11) is 0. The summed E-state index contributed by atoms with van der Waals surface area (Å²) in [4.78, 5) is 4.00. The number of hydrogen-bond donors (Lipinski definition) is 1. The van der Waals surface area contributed by atoms with Crippen molar-refractivity contribution in [2.45, 2.75) is 25.7 Å². The second kappa shape index (κ2) is 4.64. The van der Waals surface area contributed by atoms with Crippen molar-refractivity contribution in [3.05, 3.63) is 11.8 Å². The minimum absolute atomic E-state index is 0.776. The molecule has 1 N–H and O–H groups in total. The van der Waals surface area contributed by atoms with Crippen molar-refractivity contribution in [1.29, 1.82) is 5.41 Å². The Labute approximate surface area is 80.4 Å². The summed E-state index contributed by atoms with van der Waals surface area (Å²) in [6.45, 7) is 0. The molecule has 1 aliphatic rings. The monoisotopic (exact) mass is 262 g/mol. The smallest absolute Gasteiger partial charge is 0.0651 e. The van der Waals surface area contributed by atoms with Crippen LogP contribution >= 0.6 is 22.6 Å². The number of rotatable bonds is 1. The van der Waals surface area contributed by atoms with Crippen LogP contribution in [0.5, 0.6) is 0 Å². The van der Waals surface area contributed by atoms with E-state index in [4.69, 9.17) is 5.41 Å². The van der Waals surface area contributed by atoms with E-state index in [2.05, 4.69) is 27.6 Å². The summed E-state index contributed by atoms with van der Waals surface area (Å²) < 4.78 is 1.73. The molecular weight excluding hydrogens is 251 g/mol. The van der Waals surface area contributed by atoms with E-state index in [-0.39, 0.29) is 0 Å². The van der Waals surface area contributed by atoms with Crippen LogP contribution in [-0.4, -0.2) is 9.93 Å². The van der Waals surface area contributed by atoms with Crippen LogP contribution in [0, 0.1) is 5.41 Å². The number of hydrogen-bond acceptors (Lipinski definition) is 2. The first kappa shape index (κ1) is 8.90. The van der Waals surface area contributed by atoms with Crippen molar-refractivity contribution in [2.24, 2.45) is 4.99 Å². The molecule has 60 valence electrons. The molecule has 3 heteroatoms. The van der Waals surface area contributed by atoms with E-state index in [0.29, 0.717) is 0 Å². The Kier molecular flexibility index (Phi) is 3.76. The minimum atomic E-state index is 0.776. The fourth-order valence-corrected chi connectivity index (χ4v) is 1.35. The molecule has 0 spiro atoms. The maximum absolute atomic E-state index is 7.58. The van der Waals surface area contributed by atoms with Gasteiger partial charge in [0.15, 0.2) is 0 Å². The van der Waals surface area contributed by atoms with Crippen LogP contribution in [-0.2, 0) is 0 Å². The van der Waals surface area contributed by atoms with Gasteiger partial charge in [0.1, 0.15) is 0 Å². The third-order valence-corrected chi connectivity index (χ3v) is 2.12. The van der Waals surface area contributed by atoms with Crippen molar-refractivity contribution in [3.63, 3.8) is 0 Å². The lowest BCUT2D eigenvalue weighted by Gasteiger charge is -2.13. The summed E-state index contributed by atoms with van der Waals surface area (Å²) in [5, 5.41) is 7.58. The quantitative estimate of drug-likeness (QED) is 0.557. The van der Waals surface area contributed by atoms with Gasteiger partial charge in [-0.2, -0.15) is 0 Å². The van der Waals surface area contributed by atoms with Crippen LogP contribution in [0.25, 0.3) is 0 Å². The zero-order valence-electron chi connectivity index (χ0n) is 6.31. The van der Waals surface area contributed by atoms with E-state index in [9.17, 15) is 0 Å². The normalized spacial score (nSPS) is 23.4. The molecule has 0 saturated heterocycles. The first-order chi connectivity index (χ1) is 5.34. The third kappa shape index (κ3) is 2.73. The summed E-state index contributed by atoms with van der Waals surface area (Å²) >= 11 is 2.08. The molecule has 0 aromatic rings.